The van der Waals surface area contributed by atoms with Gasteiger partial charge in [-0.15, -0.1) is 0 Å². The van der Waals surface area contributed by atoms with E-state index in [4.69, 9.17) is 16.2 Å². The molecule has 0 heterocycles. The zero-order valence-electron chi connectivity index (χ0n) is 12.0. The van der Waals surface area contributed by atoms with Gasteiger partial charge in [-0.05, 0) is 48.2 Å². The van der Waals surface area contributed by atoms with Crippen molar-refractivity contribution in [2.45, 2.75) is 26.3 Å². The van der Waals surface area contributed by atoms with Crippen LogP contribution in [0, 0.1) is 5.92 Å². The van der Waals surface area contributed by atoms with Crippen LogP contribution in [-0.2, 0) is 0 Å². The second-order valence-electron chi connectivity index (χ2n) is 5.44. The van der Waals surface area contributed by atoms with Crippen molar-refractivity contribution in [3.05, 3.63) is 54.1 Å². The van der Waals surface area contributed by atoms with Gasteiger partial charge in [0.05, 0.1) is 0 Å². The molecule has 106 valence electrons. The number of hydrogen-bond donors (Lipinski definition) is 2. The summed E-state index contributed by atoms with van der Waals surface area (Å²) in [7, 11) is 0. The van der Waals surface area contributed by atoms with Gasteiger partial charge in [-0.3, -0.25) is 0 Å². The third-order valence-electron chi connectivity index (χ3n) is 3.16. The molecular formula is C17H22N2O. The van der Waals surface area contributed by atoms with Crippen molar-refractivity contribution < 1.29 is 4.74 Å². The van der Waals surface area contributed by atoms with Gasteiger partial charge in [-0.1, -0.05) is 32.0 Å². The molecule has 2 aromatic rings. The van der Waals surface area contributed by atoms with Crippen LogP contribution in [0.3, 0.4) is 0 Å². The first-order valence-corrected chi connectivity index (χ1v) is 6.94. The topological polar surface area (TPSA) is 61.3 Å². The Morgan fingerprint density at radius 2 is 1.70 bits per heavy atom. The van der Waals surface area contributed by atoms with Crippen molar-refractivity contribution in [3.63, 3.8) is 0 Å². The average Bonchev–Trinajstić information content (AvgIpc) is 2.41. The van der Waals surface area contributed by atoms with E-state index in [1.165, 1.54) is 0 Å². The maximum Gasteiger partial charge on any atom is 0.127 e. The Hall–Kier alpha value is -2.00. The molecule has 0 bridgehead atoms. The van der Waals surface area contributed by atoms with E-state index in [1.807, 2.05) is 48.5 Å². The molecule has 20 heavy (non-hydrogen) atoms. The minimum atomic E-state index is -0.0608. The van der Waals surface area contributed by atoms with E-state index < -0.39 is 0 Å². The minimum Gasteiger partial charge on any atom is -0.457 e. The molecule has 0 spiro atoms. The summed E-state index contributed by atoms with van der Waals surface area (Å²) in [5, 5.41) is 0. The second kappa shape index (κ2) is 6.44. The summed E-state index contributed by atoms with van der Waals surface area (Å²) < 4.78 is 5.82. The molecule has 0 fully saturated rings. The van der Waals surface area contributed by atoms with Gasteiger partial charge in [0.15, 0.2) is 0 Å². The summed E-state index contributed by atoms with van der Waals surface area (Å²) in [6.07, 6.45) is 0.902. The van der Waals surface area contributed by atoms with Gasteiger partial charge in [0.1, 0.15) is 11.5 Å². The van der Waals surface area contributed by atoms with E-state index in [9.17, 15) is 0 Å². The van der Waals surface area contributed by atoms with Crippen molar-refractivity contribution >= 4 is 5.69 Å². The van der Waals surface area contributed by atoms with Crippen molar-refractivity contribution in [2.75, 3.05) is 5.73 Å². The lowest BCUT2D eigenvalue weighted by Gasteiger charge is -2.17. The van der Waals surface area contributed by atoms with Crippen molar-refractivity contribution in [1.29, 1.82) is 0 Å². The summed E-state index contributed by atoms with van der Waals surface area (Å²) in [6.45, 7) is 4.31. The molecule has 0 aliphatic carbocycles. The Morgan fingerprint density at radius 1 is 1.00 bits per heavy atom. The number of ether oxygens (including phenoxy) is 1. The zero-order chi connectivity index (χ0) is 14.5. The summed E-state index contributed by atoms with van der Waals surface area (Å²) in [6, 6.07) is 15.3. The number of hydrogen-bond acceptors (Lipinski definition) is 3. The van der Waals surface area contributed by atoms with E-state index in [1.54, 1.807) is 0 Å². The zero-order valence-corrected chi connectivity index (χ0v) is 12.0. The lowest BCUT2D eigenvalue weighted by molar-refractivity contribution is 0.477. The summed E-state index contributed by atoms with van der Waals surface area (Å²) in [5.41, 5.74) is 13.9. The van der Waals surface area contributed by atoms with Crippen LogP contribution < -0.4 is 16.2 Å². The van der Waals surface area contributed by atoms with Gasteiger partial charge in [0, 0.05) is 11.7 Å². The summed E-state index contributed by atoms with van der Waals surface area (Å²) in [4.78, 5) is 0. The minimum absolute atomic E-state index is 0.0608. The Labute approximate surface area is 120 Å². The predicted molar refractivity (Wildman–Crippen MR) is 83.8 cm³/mol. The summed E-state index contributed by atoms with van der Waals surface area (Å²) in [5.74, 6) is 2.10. The molecule has 0 saturated carbocycles. The van der Waals surface area contributed by atoms with E-state index in [0.717, 1.165) is 29.2 Å². The van der Waals surface area contributed by atoms with Gasteiger partial charge in [-0.25, -0.2) is 0 Å². The molecule has 0 aliphatic heterocycles. The van der Waals surface area contributed by atoms with Crippen LogP contribution in [0.1, 0.15) is 31.9 Å². The van der Waals surface area contributed by atoms with Crippen molar-refractivity contribution in [3.8, 4) is 11.5 Å². The van der Waals surface area contributed by atoms with Crippen LogP contribution in [-0.4, -0.2) is 0 Å². The summed E-state index contributed by atoms with van der Waals surface area (Å²) >= 11 is 0. The lowest BCUT2D eigenvalue weighted by atomic mass is 9.96. The molecule has 3 nitrogen and oxygen atoms in total. The van der Waals surface area contributed by atoms with Crippen LogP contribution in [0.5, 0.6) is 11.5 Å². The molecular weight excluding hydrogens is 248 g/mol. The van der Waals surface area contributed by atoms with E-state index in [2.05, 4.69) is 13.8 Å². The highest BCUT2D eigenvalue weighted by molar-refractivity contribution is 5.52. The second-order valence-corrected chi connectivity index (χ2v) is 5.44. The van der Waals surface area contributed by atoms with Crippen LogP contribution in [0.15, 0.2) is 48.5 Å². The SMILES string of the molecule is CC(C)CC(N)c1cc(Oc2ccccc2)ccc1N. The van der Waals surface area contributed by atoms with E-state index >= 15 is 0 Å². The number of anilines is 1. The van der Waals surface area contributed by atoms with Crippen LogP contribution in [0.4, 0.5) is 5.69 Å². The molecule has 0 aliphatic rings. The lowest BCUT2D eigenvalue weighted by Crippen LogP contribution is -2.14. The van der Waals surface area contributed by atoms with Crippen molar-refractivity contribution in [1.82, 2.24) is 0 Å². The van der Waals surface area contributed by atoms with E-state index in [0.29, 0.717) is 5.92 Å². The molecule has 4 N–H and O–H groups in total. The average molecular weight is 270 g/mol. The maximum absolute atomic E-state index is 6.22. The maximum atomic E-state index is 6.22. The Balaban J connectivity index is 2.20. The van der Waals surface area contributed by atoms with Gasteiger partial charge >= 0.3 is 0 Å². The molecule has 1 unspecified atom stereocenters. The van der Waals surface area contributed by atoms with Gasteiger partial charge in [-0.2, -0.15) is 0 Å². The molecule has 0 aromatic heterocycles. The Kier molecular flexibility index (Phi) is 4.64. The van der Waals surface area contributed by atoms with Crippen LogP contribution in [0.25, 0.3) is 0 Å². The first-order valence-electron chi connectivity index (χ1n) is 6.94. The molecule has 2 aromatic carbocycles. The largest absolute Gasteiger partial charge is 0.457 e. The first-order chi connectivity index (χ1) is 9.56. The molecule has 3 heteroatoms. The fourth-order valence-electron chi connectivity index (χ4n) is 2.20. The molecule has 0 radical (unpaired) electrons. The molecule has 0 amide bonds. The fourth-order valence-corrected chi connectivity index (χ4v) is 2.20. The quantitative estimate of drug-likeness (QED) is 0.804. The molecule has 2 rings (SSSR count). The number of nitrogen functional groups attached to an aromatic ring is 1. The van der Waals surface area contributed by atoms with Gasteiger partial charge in [0.25, 0.3) is 0 Å². The smallest absolute Gasteiger partial charge is 0.127 e. The number of rotatable bonds is 5. The van der Waals surface area contributed by atoms with E-state index in [-0.39, 0.29) is 6.04 Å². The third kappa shape index (κ3) is 3.75. The Morgan fingerprint density at radius 3 is 2.35 bits per heavy atom. The highest BCUT2D eigenvalue weighted by Crippen LogP contribution is 2.30. The van der Waals surface area contributed by atoms with Crippen molar-refractivity contribution in [2.24, 2.45) is 11.7 Å². The van der Waals surface area contributed by atoms with Crippen LogP contribution >= 0.6 is 0 Å². The third-order valence-corrected chi connectivity index (χ3v) is 3.16. The highest BCUT2D eigenvalue weighted by atomic mass is 16.5. The predicted octanol–water partition coefficient (Wildman–Crippen LogP) is 4.11. The molecule has 0 saturated heterocycles. The Bertz CT molecular complexity index is 552. The number of nitrogens with two attached hydrogens (primary N) is 2. The fraction of sp³-hybridized carbons (Fsp3) is 0.294. The monoisotopic (exact) mass is 270 g/mol. The molecule has 1 atom stereocenters. The standard InChI is InChI=1S/C17H22N2O/c1-12(2)10-17(19)15-11-14(8-9-16(15)18)20-13-6-4-3-5-7-13/h3-9,11-12,17H,10,18-19H2,1-2H3. The van der Waals surface area contributed by atoms with Gasteiger partial charge < -0.3 is 16.2 Å². The number of benzene rings is 2. The normalized spacial score (nSPS) is 12.4. The first kappa shape index (κ1) is 14.4. The van der Waals surface area contributed by atoms with Gasteiger partial charge in [0.2, 0.25) is 0 Å². The van der Waals surface area contributed by atoms with Crippen LogP contribution in [0.2, 0.25) is 0 Å². The highest BCUT2D eigenvalue weighted by Gasteiger charge is 2.13. The number of para-hydroxylation sites is 1.